The summed E-state index contributed by atoms with van der Waals surface area (Å²) < 4.78 is 1.63. The molecule has 0 saturated heterocycles. The smallest absolute Gasteiger partial charge is 0.102 e. The van der Waals surface area contributed by atoms with Gasteiger partial charge in [0.05, 0.1) is 17.5 Å². The molecular weight excluding hydrogens is 173 g/mol. The van der Waals surface area contributed by atoms with E-state index in [9.17, 15) is 0 Å². The van der Waals surface area contributed by atoms with E-state index in [4.69, 9.17) is 23.2 Å². The first kappa shape index (κ1) is 7.82. The summed E-state index contributed by atoms with van der Waals surface area (Å²) in [5.41, 5.74) is 1.65. The monoisotopic (exact) mass is 179 g/mol. The van der Waals surface area contributed by atoms with Crippen molar-refractivity contribution in [3.05, 3.63) is 11.4 Å². The van der Waals surface area contributed by atoms with Crippen molar-refractivity contribution in [1.82, 2.24) is 15.0 Å². The Morgan fingerprint density at radius 3 is 2.50 bits per heavy atom. The van der Waals surface area contributed by atoms with Crippen LogP contribution >= 0.6 is 23.2 Å². The Hall–Kier alpha value is -0.280. The molecule has 1 aromatic heterocycles. The van der Waals surface area contributed by atoms with Crippen molar-refractivity contribution in [3.8, 4) is 0 Å². The number of hydrogen-bond acceptors (Lipinski definition) is 2. The van der Waals surface area contributed by atoms with Gasteiger partial charge in [-0.3, -0.25) is 4.68 Å². The minimum Gasteiger partial charge on any atom is -0.251 e. The predicted molar refractivity (Wildman–Crippen MR) is 40.1 cm³/mol. The molecular formula is C5H7Cl2N3. The molecule has 56 valence electrons. The number of alkyl halides is 2. The van der Waals surface area contributed by atoms with E-state index in [2.05, 4.69) is 10.3 Å². The van der Waals surface area contributed by atoms with Crippen molar-refractivity contribution in [3.63, 3.8) is 0 Å². The van der Waals surface area contributed by atoms with Gasteiger partial charge in [-0.05, 0) is 0 Å². The molecule has 1 heterocycles. The summed E-state index contributed by atoms with van der Waals surface area (Å²) in [6.07, 6.45) is 0. The van der Waals surface area contributed by atoms with E-state index >= 15 is 0 Å². The first-order chi connectivity index (χ1) is 4.79. The van der Waals surface area contributed by atoms with Gasteiger partial charge in [-0.1, -0.05) is 5.21 Å². The number of nitrogens with zero attached hydrogens (tertiary/aromatic N) is 3. The van der Waals surface area contributed by atoms with Gasteiger partial charge in [0.1, 0.15) is 5.69 Å². The molecule has 0 unspecified atom stereocenters. The van der Waals surface area contributed by atoms with Crippen LogP contribution in [0.5, 0.6) is 0 Å². The molecule has 1 rings (SSSR count). The van der Waals surface area contributed by atoms with Gasteiger partial charge in [-0.2, -0.15) is 0 Å². The van der Waals surface area contributed by atoms with Gasteiger partial charge in [0.15, 0.2) is 0 Å². The van der Waals surface area contributed by atoms with Gasteiger partial charge in [0, 0.05) is 7.05 Å². The van der Waals surface area contributed by atoms with Crippen molar-refractivity contribution in [1.29, 1.82) is 0 Å². The summed E-state index contributed by atoms with van der Waals surface area (Å²) in [6.45, 7) is 0. The highest BCUT2D eigenvalue weighted by Crippen LogP contribution is 2.08. The van der Waals surface area contributed by atoms with Crippen molar-refractivity contribution in [2.45, 2.75) is 11.8 Å². The SMILES string of the molecule is Cn1nnc(CCl)c1CCl. The van der Waals surface area contributed by atoms with Crippen LogP contribution in [0.15, 0.2) is 0 Å². The Kier molecular flexibility index (Phi) is 2.51. The lowest BCUT2D eigenvalue weighted by Gasteiger charge is -1.94. The average molecular weight is 180 g/mol. The lowest BCUT2D eigenvalue weighted by atomic mass is 10.4. The zero-order valence-electron chi connectivity index (χ0n) is 5.51. The average Bonchev–Trinajstić information content (AvgIpc) is 2.30. The molecule has 3 nitrogen and oxygen atoms in total. The largest absolute Gasteiger partial charge is 0.251 e. The minimum atomic E-state index is 0.371. The first-order valence-corrected chi connectivity index (χ1v) is 3.86. The van der Waals surface area contributed by atoms with Crippen LogP contribution in [-0.4, -0.2) is 15.0 Å². The molecule has 1 aromatic rings. The Morgan fingerprint density at radius 2 is 2.10 bits per heavy atom. The second-order valence-corrected chi connectivity index (χ2v) is 2.41. The highest BCUT2D eigenvalue weighted by molar-refractivity contribution is 6.18. The van der Waals surface area contributed by atoms with E-state index in [1.165, 1.54) is 0 Å². The summed E-state index contributed by atoms with van der Waals surface area (Å²) in [7, 11) is 1.79. The fourth-order valence-corrected chi connectivity index (χ4v) is 1.22. The molecule has 0 aromatic carbocycles. The van der Waals surface area contributed by atoms with E-state index in [-0.39, 0.29) is 0 Å². The molecule has 0 atom stereocenters. The quantitative estimate of drug-likeness (QED) is 0.642. The standard InChI is InChI=1S/C5H7Cl2N3/c1-10-5(3-7)4(2-6)8-9-10/h2-3H2,1H3. The molecule has 0 aliphatic heterocycles. The zero-order valence-corrected chi connectivity index (χ0v) is 7.02. The Bertz CT molecular complexity index is 221. The molecule has 0 radical (unpaired) electrons. The summed E-state index contributed by atoms with van der Waals surface area (Å²) >= 11 is 11.1. The fourth-order valence-electron chi connectivity index (χ4n) is 0.687. The van der Waals surface area contributed by atoms with Gasteiger partial charge in [-0.25, -0.2) is 0 Å². The summed E-state index contributed by atoms with van der Waals surface area (Å²) in [5, 5.41) is 7.56. The van der Waals surface area contributed by atoms with Gasteiger partial charge < -0.3 is 0 Å². The summed E-state index contributed by atoms with van der Waals surface area (Å²) in [5.74, 6) is 0.779. The minimum absolute atomic E-state index is 0.371. The van der Waals surface area contributed by atoms with Gasteiger partial charge in [0.2, 0.25) is 0 Å². The molecule has 0 fully saturated rings. The van der Waals surface area contributed by atoms with E-state index in [0.717, 1.165) is 11.4 Å². The van der Waals surface area contributed by atoms with Crippen LogP contribution in [0.1, 0.15) is 11.4 Å². The van der Waals surface area contributed by atoms with Crippen LogP contribution < -0.4 is 0 Å². The molecule has 5 heteroatoms. The lowest BCUT2D eigenvalue weighted by molar-refractivity contribution is 0.693. The van der Waals surface area contributed by atoms with Crippen molar-refractivity contribution in [2.24, 2.45) is 7.05 Å². The molecule has 0 amide bonds. The van der Waals surface area contributed by atoms with E-state index in [1.807, 2.05) is 0 Å². The molecule has 0 bridgehead atoms. The lowest BCUT2D eigenvalue weighted by Crippen LogP contribution is -1.96. The molecule has 0 aliphatic carbocycles. The molecule has 0 spiro atoms. The third kappa shape index (κ3) is 1.25. The maximum absolute atomic E-state index is 5.60. The third-order valence-electron chi connectivity index (χ3n) is 1.28. The third-order valence-corrected chi connectivity index (χ3v) is 1.78. The Balaban J connectivity index is 3.01. The Labute approximate surface area is 68.9 Å². The molecule has 0 aliphatic rings. The van der Waals surface area contributed by atoms with Crippen molar-refractivity contribution in [2.75, 3.05) is 0 Å². The summed E-state index contributed by atoms with van der Waals surface area (Å²) in [6, 6.07) is 0. The van der Waals surface area contributed by atoms with Crippen LogP contribution in [0.3, 0.4) is 0 Å². The predicted octanol–water partition coefficient (Wildman–Crippen LogP) is 1.29. The van der Waals surface area contributed by atoms with E-state index < -0.39 is 0 Å². The van der Waals surface area contributed by atoms with Crippen LogP contribution in [0, 0.1) is 0 Å². The highest BCUT2D eigenvalue weighted by Gasteiger charge is 2.06. The topological polar surface area (TPSA) is 30.7 Å². The first-order valence-electron chi connectivity index (χ1n) is 2.79. The van der Waals surface area contributed by atoms with E-state index in [1.54, 1.807) is 11.7 Å². The van der Waals surface area contributed by atoms with Crippen molar-refractivity contribution < 1.29 is 0 Å². The highest BCUT2D eigenvalue weighted by atomic mass is 35.5. The molecule has 10 heavy (non-hydrogen) atoms. The van der Waals surface area contributed by atoms with Crippen LogP contribution in [0.2, 0.25) is 0 Å². The number of halogens is 2. The normalized spacial score (nSPS) is 10.3. The second-order valence-electron chi connectivity index (χ2n) is 1.87. The Morgan fingerprint density at radius 1 is 1.40 bits per heavy atom. The maximum atomic E-state index is 5.60. The van der Waals surface area contributed by atoms with Crippen LogP contribution in [0.25, 0.3) is 0 Å². The number of aromatic nitrogens is 3. The second kappa shape index (κ2) is 3.21. The number of hydrogen-bond donors (Lipinski definition) is 0. The number of rotatable bonds is 2. The van der Waals surface area contributed by atoms with E-state index in [0.29, 0.717) is 11.8 Å². The summed E-state index contributed by atoms with van der Waals surface area (Å²) in [4.78, 5) is 0. The van der Waals surface area contributed by atoms with Gasteiger partial charge in [-0.15, -0.1) is 28.3 Å². The number of aryl methyl sites for hydroxylation is 1. The maximum Gasteiger partial charge on any atom is 0.102 e. The van der Waals surface area contributed by atoms with Crippen LogP contribution in [0.4, 0.5) is 0 Å². The fraction of sp³-hybridized carbons (Fsp3) is 0.600. The zero-order chi connectivity index (χ0) is 7.56. The van der Waals surface area contributed by atoms with Crippen molar-refractivity contribution >= 4 is 23.2 Å². The van der Waals surface area contributed by atoms with Gasteiger partial charge >= 0.3 is 0 Å². The molecule has 0 N–H and O–H groups in total. The van der Waals surface area contributed by atoms with Gasteiger partial charge in [0.25, 0.3) is 0 Å². The van der Waals surface area contributed by atoms with Crippen LogP contribution in [-0.2, 0) is 18.8 Å². The molecule has 0 saturated carbocycles.